The molecule has 1 atom stereocenters. The minimum Gasteiger partial charge on any atom is -0.370 e. The first-order valence-corrected chi connectivity index (χ1v) is 7.32. The number of hydrogen-bond donors (Lipinski definition) is 1. The molecule has 1 aromatic rings. The SMILES string of the molecule is Cc1ccc(N2CCC(N(C)CCN)C2)cc1Br. The summed E-state index contributed by atoms with van der Waals surface area (Å²) in [6.45, 7) is 6.08. The largest absolute Gasteiger partial charge is 0.370 e. The normalized spacial score (nSPS) is 19.8. The van der Waals surface area contributed by atoms with Crippen molar-refractivity contribution in [3.05, 3.63) is 28.2 Å². The highest BCUT2D eigenvalue weighted by atomic mass is 79.9. The van der Waals surface area contributed by atoms with Crippen LogP contribution in [0.15, 0.2) is 22.7 Å². The van der Waals surface area contributed by atoms with Gasteiger partial charge in [0.1, 0.15) is 0 Å². The molecule has 1 aliphatic rings. The van der Waals surface area contributed by atoms with Gasteiger partial charge in [0.05, 0.1) is 0 Å². The van der Waals surface area contributed by atoms with Crippen LogP contribution in [0.2, 0.25) is 0 Å². The van der Waals surface area contributed by atoms with Crippen LogP contribution >= 0.6 is 15.9 Å². The smallest absolute Gasteiger partial charge is 0.0378 e. The minimum atomic E-state index is 0.633. The lowest BCUT2D eigenvalue weighted by atomic mass is 10.2. The van der Waals surface area contributed by atoms with E-state index in [4.69, 9.17) is 5.73 Å². The average Bonchev–Trinajstić information content (AvgIpc) is 2.82. The van der Waals surface area contributed by atoms with Crippen molar-refractivity contribution in [1.82, 2.24) is 4.90 Å². The van der Waals surface area contributed by atoms with Gasteiger partial charge in [0, 0.05) is 42.4 Å². The monoisotopic (exact) mass is 311 g/mol. The van der Waals surface area contributed by atoms with Crippen molar-refractivity contribution < 1.29 is 0 Å². The fraction of sp³-hybridized carbons (Fsp3) is 0.571. The Balaban J connectivity index is 2.01. The third-order valence-electron chi connectivity index (χ3n) is 3.79. The molecule has 3 nitrogen and oxygen atoms in total. The van der Waals surface area contributed by atoms with Gasteiger partial charge >= 0.3 is 0 Å². The maximum absolute atomic E-state index is 5.62. The Bertz CT molecular complexity index is 408. The molecule has 2 N–H and O–H groups in total. The van der Waals surface area contributed by atoms with Gasteiger partial charge in [-0.25, -0.2) is 0 Å². The molecule has 0 aliphatic carbocycles. The summed E-state index contributed by atoms with van der Waals surface area (Å²) >= 11 is 3.61. The Kier molecular flexibility index (Phi) is 4.65. The van der Waals surface area contributed by atoms with Gasteiger partial charge in [-0.3, -0.25) is 0 Å². The van der Waals surface area contributed by atoms with E-state index in [1.54, 1.807) is 0 Å². The van der Waals surface area contributed by atoms with Crippen molar-refractivity contribution in [2.45, 2.75) is 19.4 Å². The molecule has 1 aromatic carbocycles. The molecule has 100 valence electrons. The van der Waals surface area contributed by atoms with Crippen LogP contribution in [0.4, 0.5) is 5.69 Å². The van der Waals surface area contributed by atoms with Gasteiger partial charge in [-0.05, 0) is 38.1 Å². The molecule has 1 saturated heterocycles. The van der Waals surface area contributed by atoms with Gasteiger partial charge in [0.2, 0.25) is 0 Å². The lowest BCUT2D eigenvalue weighted by Crippen LogP contribution is -2.37. The van der Waals surface area contributed by atoms with Gasteiger partial charge in [0.15, 0.2) is 0 Å². The zero-order valence-electron chi connectivity index (χ0n) is 11.2. The predicted octanol–water partition coefficient (Wildman–Crippen LogP) is 2.23. The first-order valence-electron chi connectivity index (χ1n) is 6.53. The summed E-state index contributed by atoms with van der Waals surface area (Å²) in [5.41, 5.74) is 8.22. The highest BCUT2D eigenvalue weighted by molar-refractivity contribution is 9.10. The average molecular weight is 312 g/mol. The predicted molar refractivity (Wildman–Crippen MR) is 81.2 cm³/mol. The van der Waals surface area contributed by atoms with Crippen molar-refractivity contribution in [1.29, 1.82) is 0 Å². The summed E-state index contributed by atoms with van der Waals surface area (Å²) < 4.78 is 1.19. The van der Waals surface area contributed by atoms with Crippen LogP contribution in [-0.4, -0.2) is 44.2 Å². The molecule has 0 spiro atoms. The molecule has 0 radical (unpaired) electrons. The fourth-order valence-electron chi connectivity index (χ4n) is 2.50. The number of rotatable bonds is 4. The van der Waals surface area contributed by atoms with Crippen LogP contribution in [-0.2, 0) is 0 Å². The third kappa shape index (κ3) is 3.05. The fourth-order valence-corrected chi connectivity index (χ4v) is 2.87. The molecule has 1 aliphatic heterocycles. The Morgan fingerprint density at radius 3 is 2.94 bits per heavy atom. The second-order valence-electron chi connectivity index (χ2n) is 5.09. The van der Waals surface area contributed by atoms with Crippen molar-refractivity contribution in [2.24, 2.45) is 5.73 Å². The summed E-state index contributed by atoms with van der Waals surface area (Å²) in [6.07, 6.45) is 1.22. The van der Waals surface area contributed by atoms with Gasteiger partial charge in [-0.15, -0.1) is 0 Å². The Labute approximate surface area is 118 Å². The molecule has 4 heteroatoms. The number of nitrogens with zero attached hydrogens (tertiary/aromatic N) is 2. The number of nitrogens with two attached hydrogens (primary N) is 1. The van der Waals surface area contributed by atoms with E-state index < -0.39 is 0 Å². The van der Waals surface area contributed by atoms with Crippen LogP contribution in [0.3, 0.4) is 0 Å². The molecular formula is C14H22BrN3. The van der Waals surface area contributed by atoms with E-state index in [0.717, 1.165) is 26.2 Å². The first-order chi connectivity index (χ1) is 8.61. The second-order valence-corrected chi connectivity index (χ2v) is 5.95. The topological polar surface area (TPSA) is 32.5 Å². The van der Waals surface area contributed by atoms with Crippen molar-refractivity contribution in [2.75, 3.05) is 38.1 Å². The number of halogens is 1. The minimum absolute atomic E-state index is 0.633. The first kappa shape index (κ1) is 13.8. The molecule has 0 bridgehead atoms. The standard InChI is InChI=1S/C14H22BrN3/c1-11-3-4-12(9-14(11)15)18-7-5-13(10-18)17(2)8-6-16/h3-4,9,13H,5-8,10,16H2,1-2H3. The van der Waals surface area contributed by atoms with Crippen LogP contribution < -0.4 is 10.6 Å². The highest BCUT2D eigenvalue weighted by Crippen LogP contribution is 2.27. The molecule has 0 saturated carbocycles. The maximum Gasteiger partial charge on any atom is 0.0378 e. The molecule has 2 rings (SSSR count). The van der Waals surface area contributed by atoms with Crippen molar-refractivity contribution >= 4 is 21.6 Å². The lowest BCUT2D eigenvalue weighted by Gasteiger charge is -2.25. The van der Waals surface area contributed by atoms with Crippen LogP contribution in [0.25, 0.3) is 0 Å². The molecule has 18 heavy (non-hydrogen) atoms. The van der Waals surface area contributed by atoms with Gasteiger partial charge < -0.3 is 15.5 Å². The molecule has 1 fully saturated rings. The Morgan fingerprint density at radius 2 is 2.28 bits per heavy atom. The van der Waals surface area contributed by atoms with Crippen LogP contribution in [0.5, 0.6) is 0 Å². The summed E-state index contributed by atoms with van der Waals surface area (Å²) in [7, 11) is 2.17. The van der Waals surface area contributed by atoms with E-state index in [2.05, 4.69) is 57.9 Å². The maximum atomic E-state index is 5.62. The zero-order valence-corrected chi connectivity index (χ0v) is 12.8. The van der Waals surface area contributed by atoms with E-state index in [9.17, 15) is 0 Å². The Morgan fingerprint density at radius 1 is 1.50 bits per heavy atom. The van der Waals surface area contributed by atoms with E-state index >= 15 is 0 Å². The number of hydrogen-bond acceptors (Lipinski definition) is 3. The van der Waals surface area contributed by atoms with Crippen molar-refractivity contribution in [3.8, 4) is 0 Å². The molecular weight excluding hydrogens is 290 g/mol. The molecule has 1 heterocycles. The quantitative estimate of drug-likeness (QED) is 0.925. The Hall–Kier alpha value is -0.580. The molecule has 0 aromatic heterocycles. The number of likely N-dealkylation sites (N-methyl/N-ethyl adjacent to an activating group) is 1. The highest BCUT2D eigenvalue weighted by Gasteiger charge is 2.25. The van der Waals surface area contributed by atoms with E-state index in [0.29, 0.717) is 6.04 Å². The second kappa shape index (κ2) is 6.04. The van der Waals surface area contributed by atoms with E-state index in [1.807, 2.05) is 0 Å². The third-order valence-corrected chi connectivity index (χ3v) is 4.64. The summed E-state index contributed by atoms with van der Waals surface area (Å²) in [4.78, 5) is 4.84. The van der Waals surface area contributed by atoms with Gasteiger partial charge in [-0.1, -0.05) is 22.0 Å². The number of benzene rings is 1. The van der Waals surface area contributed by atoms with Crippen LogP contribution in [0.1, 0.15) is 12.0 Å². The summed E-state index contributed by atoms with van der Waals surface area (Å²) in [6, 6.07) is 7.25. The van der Waals surface area contributed by atoms with Crippen molar-refractivity contribution in [3.63, 3.8) is 0 Å². The summed E-state index contributed by atoms with van der Waals surface area (Å²) in [5, 5.41) is 0. The van der Waals surface area contributed by atoms with E-state index in [-0.39, 0.29) is 0 Å². The summed E-state index contributed by atoms with van der Waals surface area (Å²) in [5.74, 6) is 0. The number of anilines is 1. The van der Waals surface area contributed by atoms with E-state index in [1.165, 1.54) is 22.1 Å². The zero-order chi connectivity index (χ0) is 13.1. The lowest BCUT2D eigenvalue weighted by molar-refractivity contribution is 0.266. The van der Waals surface area contributed by atoms with Gasteiger partial charge in [0.25, 0.3) is 0 Å². The molecule has 1 unspecified atom stereocenters. The molecule has 0 amide bonds. The van der Waals surface area contributed by atoms with Gasteiger partial charge in [-0.2, -0.15) is 0 Å². The number of aryl methyl sites for hydroxylation is 1. The van der Waals surface area contributed by atoms with Crippen LogP contribution in [0, 0.1) is 6.92 Å².